The number of aromatic hydroxyl groups is 1. The van der Waals surface area contributed by atoms with Gasteiger partial charge in [0.15, 0.2) is 5.69 Å². The van der Waals surface area contributed by atoms with Crippen molar-refractivity contribution in [2.24, 2.45) is 16.0 Å². The number of ether oxygens (including phenoxy) is 1. The zero-order chi connectivity index (χ0) is 21.7. The summed E-state index contributed by atoms with van der Waals surface area (Å²) in [6, 6.07) is 13.2. The smallest absolute Gasteiger partial charge is 0.283 e. The number of nitrogens with two attached hydrogens (primary N) is 1. The number of carbonyl (C=O) groups excluding carboxylic acids is 3. The molecule has 4 N–H and O–H groups in total. The molecule has 0 unspecified atom stereocenters. The molecule has 0 spiro atoms. The van der Waals surface area contributed by atoms with Crippen molar-refractivity contribution >= 4 is 34.3 Å². The van der Waals surface area contributed by atoms with Gasteiger partial charge in [-0.25, -0.2) is 0 Å². The van der Waals surface area contributed by atoms with Crippen LogP contribution in [0.15, 0.2) is 58.8 Å². The Kier molecular flexibility index (Phi) is 6.06. The molecule has 0 aliphatic carbocycles. The van der Waals surface area contributed by atoms with Crippen molar-refractivity contribution in [1.82, 2.24) is 9.88 Å². The fraction of sp³-hybridized carbons (Fsp3) is 0.150. The Morgan fingerprint density at radius 2 is 1.93 bits per heavy atom. The summed E-state index contributed by atoms with van der Waals surface area (Å²) < 4.78 is 6.33. The summed E-state index contributed by atoms with van der Waals surface area (Å²) in [4.78, 5) is 35.5. The molecule has 0 bridgehead atoms. The first-order valence-corrected chi connectivity index (χ1v) is 8.86. The van der Waals surface area contributed by atoms with Gasteiger partial charge in [-0.15, -0.1) is 10.2 Å². The first-order valence-electron chi connectivity index (χ1n) is 8.86. The van der Waals surface area contributed by atoms with Crippen molar-refractivity contribution in [2.75, 3.05) is 13.7 Å². The normalized spacial score (nSPS) is 11.0. The molecule has 0 atom stereocenters. The molecule has 3 aromatic rings. The minimum Gasteiger partial charge on any atom is -0.497 e. The van der Waals surface area contributed by atoms with Gasteiger partial charge in [0, 0.05) is 10.9 Å². The molecule has 3 amide bonds. The van der Waals surface area contributed by atoms with E-state index in [-0.39, 0.29) is 24.7 Å². The Morgan fingerprint density at radius 1 is 1.17 bits per heavy atom. The van der Waals surface area contributed by atoms with Gasteiger partial charge in [-0.3, -0.25) is 14.4 Å². The second kappa shape index (κ2) is 8.86. The second-order valence-corrected chi connectivity index (χ2v) is 6.25. The number of aromatic nitrogens is 1. The summed E-state index contributed by atoms with van der Waals surface area (Å²) in [5, 5.41) is 20.7. The lowest BCUT2D eigenvalue weighted by Gasteiger charge is -2.04. The number of fused-ring (bicyclic) bond motifs is 1. The molecule has 3 rings (SSSR count). The zero-order valence-electron chi connectivity index (χ0n) is 16.0. The van der Waals surface area contributed by atoms with Gasteiger partial charge in [-0.1, -0.05) is 24.3 Å². The van der Waals surface area contributed by atoms with E-state index in [0.717, 1.165) is 0 Å². The van der Waals surface area contributed by atoms with Gasteiger partial charge < -0.3 is 25.5 Å². The highest BCUT2D eigenvalue weighted by atomic mass is 16.5. The Balaban J connectivity index is 1.73. The van der Waals surface area contributed by atoms with E-state index in [9.17, 15) is 19.5 Å². The first kappa shape index (κ1) is 20.5. The quantitative estimate of drug-likeness (QED) is 0.510. The van der Waals surface area contributed by atoms with Gasteiger partial charge in [-0.05, 0) is 24.3 Å². The Labute approximate surface area is 171 Å². The predicted molar refractivity (Wildman–Crippen MR) is 108 cm³/mol. The minimum absolute atomic E-state index is 0.0272. The van der Waals surface area contributed by atoms with Crippen LogP contribution in [-0.4, -0.2) is 41.0 Å². The van der Waals surface area contributed by atoms with E-state index in [1.165, 1.54) is 17.7 Å². The summed E-state index contributed by atoms with van der Waals surface area (Å²) in [7, 11) is 1.48. The fourth-order valence-electron chi connectivity index (χ4n) is 2.85. The Bertz CT molecular complexity index is 1150. The maximum Gasteiger partial charge on any atom is 0.283 e. The lowest BCUT2D eigenvalue weighted by atomic mass is 10.2. The molecule has 154 valence electrons. The van der Waals surface area contributed by atoms with Gasteiger partial charge in [0.2, 0.25) is 11.8 Å². The number of methoxy groups -OCH3 is 1. The lowest BCUT2D eigenvalue weighted by Crippen LogP contribution is -2.28. The number of amides is 3. The van der Waals surface area contributed by atoms with Gasteiger partial charge in [-0.2, -0.15) is 0 Å². The van der Waals surface area contributed by atoms with Crippen LogP contribution in [0.25, 0.3) is 10.9 Å². The van der Waals surface area contributed by atoms with Crippen LogP contribution in [0.3, 0.4) is 0 Å². The molecule has 1 heterocycles. The third kappa shape index (κ3) is 4.43. The summed E-state index contributed by atoms with van der Waals surface area (Å²) in [5.41, 5.74) is 6.09. The van der Waals surface area contributed by atoms with Crippen LogP contribution in [-0.2, 0) is 16.1 Å². The van der Waals surface area contributed by atoms with Crippen LogP contribution in [0.5, 0.6) is 11.6 Å². The van der Waals surface area contributed by atoms with Crippen molar-refractivity contribution in [3.05, 3.63) is 54.1 Å². The third-order valence-corrected chi connectivity index (χ3v) is 4.23. The molecule has 1 aromatic heterocycles. The zero-order valence-corrected chi connectivity index (χ0v) is 16.0. The molecule has 0 aliphatic heterocycles. The fourth-order valence-corrected chi connectivity index (χ4v) is 2.85. The number of azo groups is 1. The van der Waals surface area contributed by atoms with Crippen LogP contribution in [0.2, 0.25) is 0 Å². The maximum absolute atomic E-state index is 12.1. The van der Waals surface area contributed by atoms with E-state index in [4.69, 9.17) is 10.5 Å². The van der Waals surface area contributed by atoms with Crippen LogP contribution in [0, 0.1) is 0 Å². The lowest BCUT2D eigenvalue weighted by molar-refractivity contribution is -0.119. The predicted octanol–water partition coefficient (Wildman–Crippen LogP) is 1.88. The molecular formula is C20H19N5O5. The van der Waals surface area contributed by atoms with Crippen LogP contribution in [0.4, 0.5) is 5.69 Å². The second-order valence-electron chi connectivity index (χ2n) is 6.25. The molecule has 2 aromatic carbocycles. The van der Waals surface area contributed by atoms with Gasteiger partial charge >= 0.3 is 0 Å². The SMILES string of the molecule is COc1cccc(C(=O)NCC(=O)N=Nc2c(O)n(CC(N)=O)c3ccccc23)c1. The van der Waals surface area contributed by atoms with Crippen molar-refractivity contribution < 1.29 is 24.2 Å². The van der Waals surface area contributed by atoms with Gasteiger partial charge in [0.25, 0.3) is 11.8 Å². The molecule has 0 saturated heterocycles. The van der Waals surface area contributed by atoms with Crippen molar-refractivity contribution in [1.29, 1.82) is 0 Å². The number of primary amides is 1. The number of rotatable bonds is 7. The molecular weight excluding hydrogens is 390 g/mol. The van der Waals surface area contributed by atoms with Crippen molar-refractivity contribution in [3.63, 3.8) is 0 Å². The number of nitrogens with zero attached hydrogens (tertiary/aromatic N) is 3. The summed E-state index contributed by atoms with van der Waals surface area (Å²) in [5.74, 6) is -1.68. The molecule has 0 fully saturated rings. The standard InChI is InChI=1S/C20H19N5O5/c1-30-13-6-4-5-12(9-13)19(28)22-10-17(27)23-24-18-14-7-2-3-8-15(14)25(20(18)29)11-16(21)26/h2-9,29H,10-11H2,1H3,(H2,21,26)(H,22,28). The Morgan fingerprint density at radius 3 is 2.67 bits per heavy atom. The average molecular weight is 409 g/mol. The van der Waals surface area contributed by atoms with E-state index in [1.54, 1.807) is 42.5 Å². The van der Waals surface area contributed by atoms with Gasteiger partial charge in [0.1, 0.15) is 18.8 Å². The average Bonchev–Trinajstić information content (AvgIpc) is 3.01. The molecule has 30 heavy (non-hydrogen) atoms. The largest absolute Gasteiger partial charge is 0.497 e. The molecule has 0 aliphatic rings. The molecule has 0 radical (unpaired) electrons. The highest BCUT2D eigenvalue weighted by Gasteiger charge is 2.18. The van der Waals surface area contributed by atoms with Crippen LogP contribution >= 0.6 is 0 Å². The number of para-hydroxylation sites is 1. The topological polar surface area (TPSA) is 148 Å². The highest BCUT2D eigenvalue weighted by molar-refractivity contribution is 5.98. The van der Waals surface area contributed by atoms with E-state index >= 15 is 0 Å². The van der Waals surface area contributed by atoms with Crippen LogP contribution < -0.4 is 15.8 Å². The number of hydrogen-bond donors (Lipinski definition) is 3. The number of nitrogens with one attached hydrogen (secondary N) is 1. The highest BCUT2D eigenvalue weighted by Crippen LogP contribution is 2.38. The molecule has 0 saturated carbocycles. The first-order chi connectivity index (χ1) is 14.4. The van der Waals surface area contributed by atoms with E-state index in [1.807, 2.05) is 0 Å². The minimum atomic E-state index is -0.725. The molecule has 10 heteroatoms. The maximum atomic E-state index is 12.1. The summed E-state index contributed by atoms with van der Waals surface area (Å²) in [6.45, 7) is -0.646. The van der Waals surface area contributed by atoms with Crippen molar-refractivity contribution in [2.45, 2.75) is 6.54 Å². The van der Waals surface area contributed by atoms with E-state index < -0.39 is 17.7 Å². The monoisotopic (exact) mass is 409 g/mol. The number of carbonyl (C=O) groups is 3. The summed E-state index contributed by atoms with van der Waals surface area (Å²) in [6.07, 6.45) is 0. The molecule has 10 nitrogen and oxygen atoms in total. The van der Waals surface area contributed by atoms with Gasteiger partial charge in [0.05, 0.1) is 12.6 Å². The third-order valence-electron chi connectivity index (χ3n) is 4.23. The van der Waals surface area contributed by atoms with E-state index in [0.29, 0.717) is 22.2 Å². The number of hydrogen-bond acceptors (Lipinski definition) is 6. The summed E-state index contributed by atoms with van der Waals surface area (Å²) >= 11 is 0. The van der Waals surface area contributed by atoms with E-state index in [2.05, 4.69) is 15.5 Å². The Hall–Kier alpha value is -4.21. The number of benzene rings is 2. The van der Waals surface area contributed by atoms with Crippen LogP contribution in [0.1, 0.15) is 10.4 Å². The van der Waals surface area contributed by atoms with Crippen molar-refractivity contribution in [3.8, 4) is 11.6 Å².